The van der Waals surface area contributed by atoms with Crippen molar-refractivity contribution in [2.45, 2.75) is 25.9 Å². The fraction of sp³-hybridized carbons (Fsp3) is 0.250. The molecule has 0 aliphatic carbocycles. The average molecular weight is 343 g/mol. The zero-order valence-electron chi connectivity index (χ0n) is 14.3. The number of hydrogen-bond donors (Lipinski definition) is 0. The van der Waals surface area contributed by atoms with Crippen LogP contribution in [0.2, 0.25) is 0 Å². The summed E-state index contributed by atoms with van der Waals surface area (Å²) >= 11 is 0. The molecule has 0 aromatic heterocycles. The van der Waals surface area contributed by atoms with Crippen LogP contribution in [0.15, 0.2) is 60.3 Å². The molecule has 0 N–H and O–H groups in total. The van der Waals surface area contributed by atoms with Crippen molar-refractivity contribution in [1.82, 2.24) is 0 Å². The maximum atomic E-state index is 12.6. The molecule has 3 rings (SSSR count). The van der Waals surface area contributed by atoms with Gasteiger partial charge in [-0.15, -0.1) is 0 Å². The molecule has 1 aliphatic heterocycles. The van der Waals surface area contributed by atoms with E-state index in [0.29, 0.717) is 5.56 Å². The molecule has 1 aliphatic rings. The normalized spacial score (nSPS) is 17.0. The second kappa shape index (κ2) is 6.31. The van der Waals surface area contributed by atoms with Gasteiger partial charge in [-0.2, -0.15) is 8.78 Å². The minimum atomic E-state index is -2.88. The largest absolute Gasteiger partial charge is 0.435 e. The third kappa shape index (κ3) is 3.14. The van der Waals surface area contributed by atoms with Gasteiger partial charge in [-0.25, -0.2) is 0 Å². The lowest BCUT2D eigenvalue weighted by molar-refractivity contribution is -0.0498. The number of carbonyl (C=O) groups excluding carboxylic acids is 1. The number of ether oxygens (including phenoxy) is 1. The van der Waals surface area contributed by atoms with Crippen molar-refractivity contribution >= 4 is 11.5 Å². The van der Waals surface area contributed by atoms with Crippen molar-refractivity contribution in [2.75, 3.05) is 11.9 Å². The van der Waals surface area contributed by atoms with E-state index in [2.05, 4.69) is 24.7 Å². The Balaban J connectivity index is 1.89. The number of rotatable bonds is 4. The van der Waals surface area contributed by atoms with E-state index >= 15 is 0 Å². The Morgan fingerprint density at radius 3 is 2.36 bits per heavy atom. The second-order valence-corrected chi connectivity index (χ2v) is 6.50. The first-order valence-corrected chi connectivity index (χ1v) is 7.95. The Kier molecular flexibility index (Phi) is 4.33. The summed E-state index contributed by atoms with van der Waals surface area (Å²) in [6, 6.07) is 13.8. The Bertz CT molecular complexity index is 826. The summed E-state index contributed by atoms with van der Waals surface area (Å²) in [4.78, 5) is 14.6. The van der Waals surface area contributed by atoms with Crippen molar-refractivity contribution < 1.29 is 18.3 Å². The van der Waals surface area contributed by atoms with E-state index in [1.807, 2.05) is 30.1 Å². The zero-order valence-corrected chi connectivity index (χ0v) is 14.3. The number of benzene rings is 2. The van der Waals surface area contributed by atoms with E-state index in [4.69, 9.17) is 0 Å². The van der Waals surface area contributed by atoms with Crippen molar-refractivity contribution in [1.29, 1.82) is 0 Å². The lowest BCUT2D eigenvalue weighted by Gasteiger charge is -2.24. The predicted octanol–water partition coefficient (Wildman–Crippen LogP) is 4.78. The van der Waals surface area contributed by atoms with Gasteiger partial charge in [0, 0.05) is 35.5 Å². The number of likely N-dealkylation sites (N-methyl/N-ethyl adjacent to an activating group) is 1. The van der Waals surface area contributed by atoms with E-state index in [-0.39, 0.29) is 16.9 Å². The summed E-state index contributed by atoms with van der Waals surface area (Å²) in [5, 5.41) is 0. The van der Waals surface area contributed by atoms with Crippen molar-refractivity contribution in [3.63, 3.8) is 0 Å². The maximum absolute atomic E-state index is 12.6. The molecule has 0 saturated heterocycles. The topological polar surface area (TPSA) is 29.5 Å². The molecule has 3 nitrogen and oxygen atoms in total. The number of halogens is 2. The minimum absolute atomic E-state index is 0.0323. The fourth-order valence-corrected chi connectivity index (χ4v) is 3.27. The van der Waals surface area contributed by atoms with Crippen LogP contribution in [-0.2, 0) is 5.41 Å². The van der Waals surface area contributed by atoms with Gasteiger partial charge in [-0.3, -0.25) is 4.79 Å². The van der Waals surface area contributed by atoms with E-state index < -0.39 is 6.61 Å². The summed E-state index contributed by atoms with van der Waals surface area (Å²) < 4.78 is 28.7. The van der Waals surface area contributed by atoms with Crippen LogP contribution in [-0.4, -0.2) is 19.4 Å². The lowest BCUT2D eigenvalue weighted by atomic mass is 9.83. The Morgan fingerprint density at radius 1 is 1.12 bits per heavy atom. The van der Waals surface area contributed by atoms with E-state index in [1.54, 1.807) is 6.08 Å². The van der Waals surface area contributed by atoms with Gasteiger partial charge in [0.05, 0.1) is 0 Å². The first-order chi connectivity index (χ1) is 11.8. The first-order valence-electron chi connectivity index (χ1n) is 7.95. The van der Waals surface area contributed by atoms with Gasteiger partial charge in [0.15, 0.2) is 5.78 Å². The number of ketones is 1. The smallest absolute Gasteiger partial charge is 0.387 e. The number of alkyl halides is 2. The molecule has 0 bridgehead atoms. The number of fused-ring (bicyclic) bond motifs is 1. The van der Waals surface area contributed by atoms with Gasteiger partial charge in [-0.05, 0) is 35.9 Å². The number of hydrogen-bond acceptors (Lipinski definition) is 3. The first kappa shape index (κ1) is 17.1. The molecule has 2 aromatic carbocycles. The predicted molar refractivity (Wildman–Crippen MR) is 93.4 cm³/mol. The minimum Gasteiger partial charge on any atom is -0.435 e. The van der Waals surface area contributed by atoms with E-state index in [9.17, 15) is 13.6 Å². The van der Waals surface area contributed by atoms with Crippen molar-refractivity contribution in [3.05, 3.63) is 71.4 Å². The summed E-state index contributed by atoms with van der Waals surface area (Å²) in [5.74, 6) is -0.142. The second-order valence-electron chi connectivity index (χ2n) is 6.50. The monoisotopic (exact) mass is 343 g/mol. The molecule has 0 amide bonds. The molecule has 2 aromatic rings. The van der Waals surface area contributed by atoms with Crippen LogP contribution in [0.3, 0.4) is 0 Å². The molecule has 0 fully saturated rings. The van der Waals surface area contributed by atoms with Gasteiger partial charge in [0.25, 0.3) is 0 Å². The third-order valence-corrected chi connectivity index (χ3v) is 4.57. The molecule has 5 heteroatoms. The molecule has 0 spiro atoms. The van der Waals surface area contributed by atoms with Crippen LogP contribution in [0.1, 0.15) is 29.8 Å². The molecular formula is C20H19F2NO2. The Morgan fingerprint density at radius 2 is 1.76 bits per heavy atom. The molecule has 0 radical (unpaired) electrons. The average Bonchev–Trinajstić information content (AvgIpc) is 2.76. The van der Waals surface area contributed by atoms with Crippen LogP contribution in [0.25, 0.3) is 0 Å². The zero-order chi connectivity index (χ0) is 18.2. The van der Waals surface area contributed by atoms with Crippen LogP contribution in [0.5, 0.6) is 5.75 Å². The number of nitrogens with zero attached hydrogens (tertiary/aromatic N) is 1. The van der Waals surface area contributed by atoms with Gasteiger partial charge in [0.1, 0.15) is 5.75 Å². The van der Waals surface area contributed by atoms with Crippen LogP contribution in [0, 0.1) is 0 Å². The number of anilines is 1. The highest BCUT2D eigenvalue weighted by atomic mass is 19.3. The van der Waals surface area contributed by atoms with Gasteiger partial charge >= 0.3 is 6.61 Å². The van der Waals surface area contributed by atoms with Gasteiger partial charge in [-0.1, -0.05) is 32.0 Å². The van der Waals surface area contributed by atoms with Crippen LogP contribution in [0.4, 0.5) is 14.5 Å². The van der Waals surface area contributed by atoms with Gasteiger partial charge in [0.2, 0.25) is 0 Å². The molecule has 0 unspecified atom stereocenters. The SMILES string of the molecule is CN1C(=CC(=O)c2ccc(OC(F)F)cc2)C(C)(C)c2ccccc21. The Hall–Kier alpha value is -2.69. The number of allylic oxidation sites excluding steroid dienone is 2. The highest BCUT2D eigenvalue weighted by molar-refractivity contribution is 6.05. The fourth-order valence-electron chi connectivity index (χ4n) is 3.27. The molecular weight excluding hydrogens is 324 g/mol. The van der Waals surface area contributed by atoms with Crippen molar-refractivity contribution in [2.24, 2.45) is 0 Å². The Labute approximate surface area is 145 Å². The van der Waals surface area contributed by atoms with Crippen LogP contribution < -0.4 is 9.64 Å². The number of carbonyl (C=O) groups is 1. The summed E-state index contributed by atoms with van der Waals surface area (Å²) in [6.45, 7) is 1.28. The highest BCUT2D eigenvalue weighted by Crippen LogP contribution is 2.46. The molecule has 0 atom stereocenters. The van der Waals surface area contributed by atoms with E-state index in [1.165, 1.54) is 24.3 Å². The molecule has 1 heterocycles. The third-order valence-electron chi connectivity index (χ3n) is 4.57. The quantitative estimate of drug-likeness (QED) is 0.591. The van der Waals surface area contributed by atoms with Crippen molar-refractivity contribution in [3.8, 4) is 5.75 Å². The molecule has 25 heavy (non-hydrogen) atoms. The van der Waals surface area contributed by atoms with Crippen LogP contribution >= 0.6 is 0 Å². The highest BCUT2D eigenvalue weighted by Gasteiger charge is 2.38. The summed E-state index contributed by atoms with van der Waals surface area (Å²) in [5.41, 5.74) is 3.27. The maximum Gasteiger partial charge on any atom is 0.387 e. The molecule has 0 saturated carbocycles. The summed E-state index contributed by atoms with van der Waals surface area (Å²) in [7, 11) is 1.94. The van der Waals surface area contributed by atoms with Gasteiger partial charge < -0.3 is 9.64 Å². The molecule has 130 valence electrons. The number of para-hydroxylation sites is 1. The lowest BCUT2D eigenvalue weighted by Crippen LogP contribution is -2.24. The standard InChI is InChI=1S/C20H19F2NO2/c1-20(2)15-6-4-5-7-16(15)23(3)18(20)12-17(24)13-8-10-14(11-9-13)25-19(21)22/h4-12,19H,1-3H3. The summed E-state index contributed by atoms with van der Waals surface area (Å²) in [6.07, 6.45) is 1.61. The van der Waals surface area contributed by atoms with E-state index in [0.717, 1.165) is 16.9 Å².